The second-order valence-electron chi connectivity index (χ2n) is 4.60. The second kappa shape index (κ2) is 5.87. The van der Waals surface area contributed by atoms with Gasteiger partial charge < -0.3 is 15.0 Å². The first-order valence-corrected chi connectivity index (χ1v) is 6.43. The highest BCUT2D eigenvalue weighted by atomic mass is 16.5. The van der Waals surface area contributed by atoms with Gasteiger partial charge in [-0.2, -0.15) is 0 Å². The van der Waals surface area contributed by atoms with Gasteiger partial charge in [-0.05, 0) is 24.6 Å². The van der Waals surface area contributed by atoms with Crippen LogP contribution in [0.1, 0.15) is 23.7 Å². The molecular formula is C14H20N2O2. The van der Waals surface area contributed by atoms with E-state index in [2.05, 4.69) is 12.2 Å². The molecule has 0 aromatic heterocycles. The first-order valence-electron chi connectivity index (χ1n) is 6.43. The molecule has 1 aromatic rings. The van der Waals surface area contributed by atoms with Gasteiger partial charge in [-0.25, -0.2) is 0 Å². The minimum atomic E-state index is 0.0587. The molecule has 1 aromatic carbocycles. The van der Waals surface area contributed by atoms with Crippen LogP contribution in [-0.2, 0) is 0 Å². The molecule has 1 fully saturated rings. The molecule has 18 heavy (non-hydrogen) atoms. The normalized spacial score (nSPS) is 15.0. The van der Waals surface area contributed by atoms with Gasteiger partial charge in [0.05, 0.1) is 12.6 Å². The van der Waals surface area contributed by atoms with E-state index in [4.69, 9.17) is 4.74 Å². The molecule has 98 valence electrons. The van der Waals surface area contributed by atoms with Gasteiger partial charge in [-0.1, -0.05) is 13.0 Å². The van der Waals surface area contributed by atoms with Crippen LogP contribution in [0.2, 0.25) is 0 Å². The van der Waals surface area contributed by atoms with Crippen molar-refractivity contribution in [2.24, 2.45) is 0 Å². The fraction of sp³-hybridized carbons (Fsp3) is 0.500. The van der Waals surface area contributed by atoms with Crippen molar-refractivity contribution in [1.82, 2.24) is 10.2 Å². The Bertz CT molecular complexity index is 416. The van der Waals surface area contributed by atoms with E-state index >= 15 is 0 Å². The molecule has 2 rings (SSSR count). The fourth-order valence-electron chi connectivity index (χ4n) is 1.86. The van der Waals surface area contributed by atoms with Crippen LogP contribution < -0.4 is 10.1 Å². The summed E-state index contributed by atoms with van der Waals surface area (Å²) in [6.07, 6.45) is 0.964. The Labute approximate surface area is 108 Å². The van der Waals surface area contributed by atoms with E-state index < -0.39 is 0 Å². The maximum atomic E-state index is 12.2. The van der Waals surface area contributed by atoms with E-state index in [0.717, 1.165) is 25.3 Å². The predicted molar refractivity (Wildman–Crippen MR) is 71.0 cm³/mol. The van der Waals surface area contributed by atoms with Crippen LogP contribution in [0.3, 0.4) is 0 Å². The predicted octanol–water partition coefficient (Wildman–Crippen LogP) is 1.52. The van der Waals surface area contributed by atoms with Crippen LogP contribution in [0.5, 0.6) is 5.75 Å². The third kappa shape index (κ3) is 2.82. The lowest BCUT2D eigenvalue weighted by molar-refractivity contribution is 0.0680. The van der Waals surface area contributed by atoms with Crippen molar-refractivity contribution in [3.8, 4) is 5.75 Å². The summed E-state index contributed by atoms with van der Waals surface area (Å²) in [6, 6.07) is 7.73. The number of amides is 1. The topological polar surface area (TPSA) is 41.6 Å². The zero-order valence-corrected chi connectivity index (χ0v) is 11.0. The van der Waals surface area contributed by atoms with Crippen molar-refractivity contribution in [2.75, 3.05) is 26.7 Å². The van der Waals surface area contributed by atoms with Gasteiger partial charge in [-0.15, -0.1) is 0 Å². The van der Waals surface area contributed by atoms with Crippen molar-refractivity contribution >= 4 is 5.91 Å². The average Bonchev–Trinajstić information content (AvgIpc) is 2.33. The summed E-state index contributed by atoms with van der Waals surface area (Å²) in [5, 5.41) is 3.17. The first kappa shape index (κ1) is 12.9. The third-order valence-electron chi connectivity index (χ3n) is 3.18. The Hall–Kier alpha value is -1.55. The number of carbonyl (C=O) groups excluding carboxylic acids is 1. The maximum absolute atomic E-state index is 12.2. The molecule has 0 spiro atoms. The smallest absolute Gasteiger partial charge is 0.254 e. The summed E-state index contributed by atoms with van der Waals surface area (Å²) in [5.74, 6) is 0.825. The number of hydrogen-bond donors (Lipinski definition) is 1. The number of rotatable bonds is 5. The minimum Gasteiger partial charge on any atom is -0.494 e. The lowest BCUT2D eigenvalue weighted by atomic mass is 10.1. The number of nitrogens with zero attached hydrogens (tertiary/aromatic N) is 1. The monoisotopic (exact) mass is 248 g/mol. The Morgan fingerprint density at radius 1 is 1.50 bits per heavy atom. The molecule has 0 atom stereocenters. The highest BCUT2D eigenvalue weighted by Crippen LogP contribution is 2.16. The van der Waals surface area contributed by atoms with Gasteiger partial charge in [0.25, 0.3) is 5.91 Å². The van der Waals surface area contributed by atoms with Crippen LogP contribution in [-0.4, -0.2) is 43.6 Å². The van der Waals surface area contributed by atoms with Gasteiger partial charge in [0.2, 0.25) is 0 Å². The Morgan fingerprint density at radius 2 is 2.28 bits per heavy atom. The zero-order valence-electron chi connectivity index (χ0n) is 11.0. The van der Waals surface area contributed by atoms with Gasteiger partial charge in [0, 0.05) is 25.7 Å². The molecule has 4 nitrogen and oxygen atoms in total. The summed E-state index contributed by atoms with van der Waals surface area (Å²) >= 11 is 0. The summed E-state index contributed by atoms with van der Waals surface area (Å²) < 4.78 is 5.54. The summed E-state index contributed by atoms with van der Waals surface area (Å²) in [5.41, 5.74) is 0.693. The lowest BCUT2D eigenvalue weighted by Crippen LogP contribution is -2.57. The Balaban J connectivity index is 2.04. The molecule has 4 heteroatoms. The Morgan fingerprint density at radius 3 is 2.89 bits per heavy atom. The van der Waals surface area contributed by atoms with Gasteiger partial charge in [0.1, 0.15) is 5.75 Å². The standard InChI is InChI=1S/C14H20N2O2/c1-3-7-18-13-6-4-5-11(8-13)14(17)16(2)12-9-15-10-12/h4-6,8,12,15H,3,7,9-10H2,1-2H3. The van der Waals surface area contributed by atoms with Crippen LogP contribution in [0, 0.1) is 0 Å². The number of ether oxygens (including phenoxy) is 1. The molecule has 0 aliphatic carbocycles. The van der Waals surface area contributed by atoms with Crippen molar-refractivity contribution < 1.29 is 9.53 Å². The second-order valence-corrected chi connectivity index (χ2v) is 4.60. The van der Waals surface area contributed by atoms with Crippen LogP contribution in [0.4, 0.5) is 0 Å². The molecule has 1 N–H and O–H groups in total. The lowest BCUT2D eigenvalue weighted by Gasteiger charge is -2.35. The maximum Gasteiger partial charge on any atom is 0.254 e. The van der Waals surface area contributed by atoms with Gasteiger partial charge in [-0.3, -0.25) is 4.79 Å². The van der Waals surface area contributed by atoms with E-state index in [9.17, 15) is 4.79 Å². The molecule has 1 aliphatic rings. The number of hydrogen-bond acceptors (Lipinski definition) is 3. The molecule has 1 heterocycles. The SMILES string of the molecule is CCCOc1cccc(C(=O)N(C)C2CNC2)c1. The van der Waals surface area contributed by atoms with Crippen LogP contribution in [0.25, 0.3) is 0 Å². The van der Waals surface area contributed by atoms with E-state index in [1.54, 1.807) is 4.90 Å². The number of nitrogens with one attached hydrogen (secondary N) is 1. The van der Waals surface area contributed by atoms with Crippen molar-refractivity contribution in [3.63, 3.8) is 0 Å². The van der Waals surface area contributed by atoms with Gasteiger partial charge in [0.15, 0.2) is 0 Å². The number of benzene rings is 1. The molecule has 0 bridgehead atoms. The summed E-state index contributed by atoms with van der Waals surface area (Å²) in [6.45, 7) is 4.51. The van der Waals surface area contributed by atoms with Crippen molar-refractivity contribution in [3.05, 3.63) is 29.8 Å². The molecule has 1 saturated heterocycles. The molecule has 0 unspecified atom stereocenters. The molecular weight excluding hydrogens is 228 g/mol. The van der Waals surface area contributed by atoms with Crippen molar-refractivity contribution in [2.45, 2.75) is 19.4 Å². The minimum absolute atomic E-state index is 0.0587. The van der Waals surface area contributed by atoms with Crippen molar-refractivity contribution in [1.29, 1.82) is 0 Å². The third-order valence-corrected chi connectivity index (χ3v) is 3.18. The largest absolute Gasteiger partial charge is 0.494 e. The van der Waals surface area contributed by atoms with E-state index in [0.29, 0.717) is 18.2 Å². The molecule has 1 aliphatic heterocycles. The molecule has 1 amide bonds. The summed E-state index contributed by atoms with van der Waals surface area (Å²) in [4.78, 5) is 14.0. The highest BCUT2D eigenvalue weighted by molar-refractivity contribution is 5.94. The van der Waals surface area contributed by atoms with Crippen LogP contribution >= 0.6 is 0 Å². The molecule has 0 radical (unpaired) electrons. The zero-order chi connectivity index (χ0) is 13.0. The highest BCUT2D eigenvalue weighted by Gasteiger charge is 2.26. The quantitative estimate of drug-likeness (QED) is 0.859. The van der Waals surface area contributed by atoms with Gasteiger partial charge >= 0.3 is 0 Å². The number of likely N-dealkylation sites (N-methyl/N-ethyl adjacent to an activating group) is 1. The Kier molecular flexibility index (Phi) is 4.20. The molecule has 0 saturated carbocycles. The van der Waals surface area contributed by atoms with E-state index in [-0.39, 0.29) is 5.91 Å². The number of carbonyl (C=O) groups is 1. The average molecular weight is 248 g/mol. The first-order chi connectivity index (χ1) is 8.72. The summed E-state index contributed by atoms with van der Waals surface area (Å²) in [7, 11) is 1.85. The fourth-order valence-corrected chi connectivity index (χ4v) is 1.86. The van der Waals surface area contributed by atoms with E-state index in [1.807, 2.05) is 31.3 Å². The van der Waals surface area contributed by atoms with Crippen LogP contribution in [0.15, 0.2) is 24.3 Å². The van der Waals surface area contributed by atoms with E-state index in [1.165, 1.54) is 0 Å².